The van der Waals surface area contributed by atoms with E-state index in [0.29, 0.717) is 25.6 Å². The number of anilines is 1. The van der Waals surface area contributed by atoms with Crippen molar-refractivity contribution in [1.82, 2.24) is 4.31 Å². The van der Waals surface area contributed by atoms with Crippen LogP contribution in [-0.4, -0.2) is 64.1 Å². The molecule has 1 saturated carbocycles. The summed E-state index contributed by atoms with van der Waals surface area (Å²) in [4.78, 5) is 23.8. The SMILES string of the molecule is CCOc1ccc(S(=O)(=O)N2CCOCC2)cc1NC(=O)COC(=O)C1CC1. The number of carbonyl (C=O) groups excluding carboxylic acids is 2. The Hall–Kier alpha value is -2.17. The van der Waals surface area contributed by atoms with E-state index in [-0.39, 0.29) is 35.6 Å². The number of ether oxygens (including phenoxy) is 3. The fraction of sp³-hybridized carbons (Fsp3) is 0.556. The quantitative estimate of drug-likeness (QED) is 0.634. The number of amides is 1. The minimum atomic E-state index is -3.72. The van der Waals surface area contributed by atoms with Gasteiger partial charge in [-0.2, -0.15) is 4.31 Å². The van der Waals surface area contributed by atoms with Crippen molar-refractivity contribution in [3.63, 3.8) is 0 Å². The molecule has 9 nitrogen and oxygen atoms in total. The minimum Gasteiger partial charge on any atom is -0.492 e. The van der Waals surface area contributed by atoms with E-state index in [0.717, 1.165) is 12.8 Å². The molecule has 2 aliphatic rings. The van der Waals surface area contributed by atoms with Gasteiger partial charge in [0, 0.05) is 13.1 Å². The van der Waals surface area contributed by atoms with E-state index >= 15 is 0 Å². The molecule has 2 fully saturated rings. The average Bonchev–Trinajstić information content (AvgIpc) is 3.53. The van der Waals surface area contributed by atoms with Gasteiger partial charge >= 0.3 is 5.97 Å². The number of hydrogen-bond donors (Lipinski definition) is 1. The highest BCUT2D eigenvalue weighted by Crippen LogP contribution is 2.31. The second kappa shape index (κ2) is 8.89. The lowest BCUT2D eigenvalue weighted by molar-refractivity contribution is -0.148. The molecule has 1 aromatic rings. The molecule has 154 valence electrons. The molecule has 1 aliphatic carbocycles. The monoisotopic (exact) mass is 412 g/mol. The number of nitrogens with one attached hydrogen (secondary N) is 1. The Morgan fingerprint density at radius 3 is 2.61 bits per heavy atom. The number of nitrogens with zero attached hydrogens (tertiary/aromatic N) is 1. The van der Waals surface area contributed by atoms with E-state index in [1.807, 2.05) is 0 Å². The predicted octanol–water partition coefficient (Wildman–Crippen LogP) is 0.998. The number of carbonyl (C=O) groups is 2. The highest BCUT2D eigenvalue weighted by atomic mass is 32.2. The normalized spacial score (nSPS) is 17.8. The molecular weight excluding hydrogens is 388 g/mol. The molecule has 0 aromatic heterocycles. The standard InChI is InChI=1S/C18H24N2O7S/c1-2-26-16-6-5-14(28(23,24)20-7-9-25-10-8-20)11-15(16)19-17(21)12-27-18(22)13-3-4-13/h5-6,11,13H,2-4,7-10,12H2,1H3,(H,19,21). The van der Waals surface area contributed by atoms with Crippen molar-refractivity contribution in [2.24, 2.45) is 5.92 Å². The van der Waals surface area contributed by atoms with Gasteiger partial charge in [0.25, 0.3) is 5.91 Å². The summed E-state index contributed by atoms with van der Waals surface area (Å²) >= 11 is 0. The third kappa shape index (κ3) is 5.00. The molecule has 10 heteroatoms. The van der Waals surface area contributed by atoms with Crippen LogP contribution in [0.15, 0.2) is 23.1 Å². The van der Waals surface area contributed by atoms with Crippen molar-refractivity contribution in [2.75, 3.05) is 44.8 Å². The van der Waals surface area contributed by atoms with Gasteiger partial charge in [-0.25, -0.2) is 8.42 Å². The van der Waals surface area contributed by atoms with Crippen molar-refractivity contribution in [2.45, 2.75) is 24.7 Å². The lowest BCUT2D eigenvalue weighted by atomic mass is 10.3. The van der Waals surface area contributed by atoms with Gasteiger partial charge in [-0.05, 0) is 38.0 Å². The van der Waals surface area contributed by atoms with Crippen LogP contribution in [0.4, 0.5) is 5.69 Å². The summed E-state index contributed by atoms with van der Waals surface area (Å²) in [5, 5.41) is 2.58. The molecule has 1 amide bonds. The summed E-state index contributed by atoms with van der Waals surface area (Å²) in [7, 11) is -3.72. The van der Waals surface area contributed by atoms with Crippen LogP contribution in [0.3, 0.4) is 0 Å². The molecule has 0 atom stereocenters. The van der Waals surface area contributed by atoms with Gasteiger partial charge in [-0.1, -0.05) is 0 Å². The Balaban J connectivity index is 1.74. The van der Waals surface area contributed by atoms with Crippen molar-refractivity contribution >= 4 is 27.6 Å². The van der Waals surface area contributed by atoms with Crippen molar-refractivity contribution in [3.05, 3.63) is 18.2 Å². The van der Waals surface area contributed by atoms with Crippen LogP contribution in [0, 0.1) is 5.92 Å². The first kappa shape index (κ1) is 20.6. The average molecular weight is 412 g/mol. The molecule has 1 N–H and O–H groups in total. The van der Waals surface area contributed by atoms with Gasteiger partial charge in [-0.3, -0.25) is 9.59 Å². The van der Waals surface area contributed by atoms with Crippen LogP contribution >= 0.6 is 0 Å². The van der Waals surface area contributed by atoms with E-state index in [4.69, 9.17) is 14.2 Å². The van der Waals surface area contributed by atoms with Crippen LogP contribution in [0.1, 0.15) is 19.8 Å². The molecule has 1 aliphatic heterocycles. The Bertz CT molecular complexity index is 830. The Morgan fingerprint density at radius 2 is 1.96 bits per heavy atom. The van der Waals surface area contributed by atoms with Crippen molar-refractivity contribution in [3.8, 4) is 5.75 Å². The van der Waals surface area contributed by atoms with Crippen LogP contribution in [-0.2, 0) is 29.1 Å². The molecular formula is C18H24N2O7S. The zero-order chi connectivity index (χ0) is 20.1. The first-order valence-corrected chi connectivity index (χ1v) is 10.7. The van der Waals surface area contributed by atoms with Crippen LogP contribution < -0.4 is 10.1 Å². The number of hydrogen-bond acceptors (Lipinski definition) is 7. The Morgan fingerprint density at radius 1 is 1.25 bits per heavy atom. The van der Waals surface area contributed by atoms with E-state index in [1.165, 1.54) is 22.5 Å². The maximum Gasteiger partial charge on any atom is 0.309 e. The third-order valence-corrected chi connectivity index (χ3v) is 6.28. The Labute approximate surface area is 164 Å². The zero-order valence-corrected chi connectivity index (χ0v) is 16.5. The summed E-state index contributed by atoms with van der Waals surface area (Å²) in [5.41, 5.74) is 0.212. The van der Waals surface area contributed by atoms with Crippen LogP contribution in [0.5, 0.6) is 5.75 Å². The van der Waals surface area contributed by atoms with Crippen molar-refractivity contribution < 1.29 is 32.2 Å². The maximum absolute atomic E-state index is 12.8. The number of morpholine rings is 1. The highest BCUT2D eigenvalue weighted by Gasteiger charge is 2.32. The summed E-state index contributed by atoms with van der Waals surface area (Å²) < 4.78 is 42.7. The van der Waals surface area contributed by atoms with Crippen molar-refractivity contribution in [1.29, 1.82) is 0 Å². The molecule has 1 aromatic carbocycles. The third-order valence-electron chi connectivity index (χ3n) is 4.39. The second-order valence-electron chi connectivity index (χ2n) is 6.54. The number of esters is 1. The summed E-state index contributed by atoms with van der Waals surface area (Å²) in [5.74, 6) is -0.709. The fourth-order valence-electron chi connectivity index (χ4n) is 2.74. The second-order valence-corrected chi connectivity index (χ2v) is 8.48. The molecule has 0 bridgehead atoms. The molecule has 0 spiro atoms. The summed E-state index contributed by atoms with van der Waals surface area (Å²) in [6, 6.07) is 4.30. The van der Waals surface area contributed by atoms with Gasteiger partial charge in [0.1, 0.15) is 5.75 Å². The smallest absolute Gasteiger partial charge is 0.309 e. The lowest BCUT2D eigenvalue weighted by Crippen LogP contribution is -2.40. The van der Waals surface area contributed by atoms with Gasteiger partial charge in [0.05, 0.1) is 36.3 Å². The largest absolute Gasteiger partial charge is 0.492 e. The molecule has 1 saturated heterocycles. The molecule has 0 unspecified atom stereocenters. The number of rotatable bonds is 8. The fourth-order valence-corrected chi connectivity index (χ4v) is 4.18. The number of sulfonamides is 1. The molecule has 3 rings (SSSR count). The van der Waals surface area contributed by atoms with Gasteiger partial charge < -0.3 is 19.5 Å². The van der Waals surface area contributed by atoms with Gasteiger partial charge in [0.15, 0.2) is 6.61 Å². The van der Waals surface area contributed by atoms with E-state index in [9.17, 15) is 18.0 Å². The highest BCUT2D eigenvalue weighted by molar-refractivity contribution is 7.89. The van der Waals surface area contributed by atoms with Crippen LogP contribution in [0.25, 0.3) is 0 Å². The predicted molar refractivity (Wildman–Crippen MR) is 99.5 cm³/mol. The first-order valence-electron chi connectivity index (χ1n) is 9.23. The topological polar surface area (TPSA) is 111 Å². The van der Waals surface area contributed by atoms with Gasteiger partial charge in [-0.15, -0.1) is 0 Å². The molecule has 28 heavy (non-hydrogen) atoms. The maximum atomic E-state index is 12.8. The van der Waals surface area contributed by atoms with Crippen LogP contribution in [0.2, 0.25) is 0 Å². The van der Waals surface area contributed by atoms with E-state index in [2.05, 4.69) is 5.32 Å². The van der Waals surface area contributed by atoms with E-state index in [1.54, 1.807) is 6.92 Å². The van der Waals surface area contributed by atoms with Gasteiger partial charge in [0.2, 0.25) is 10.0 Å². The molecule has 0 radical (unpaired) electrons. The summed E-state index contributed by atoms with van der Waals surface area (Å²) in [6.07, 6.45) is 1.58. The lowest BCUT2D eigenvalue weighted by Gasteiger charge is -2.26. The Kier molecular flexibility index (Phi) is 6.53. The minimum absolute atomic E-state index is 0.0446. The van der Waals surface area contributed by atoms with E-state index < -0.39 is 22.5 Å². The first-order chi connectivity index (χ1) is 13.4. The molecule has 1 heterocycles. The summed E-state index contributed by atoms with van der Waals surface area (Å²) in [6.45, 7) is 2.92. The zero-order valence-electron chi connectivity index (χ0n) is 15.7. The number of benzene rings is 1.